The van der Waals surface area contributed by atoms with E-state index in [1.807, 2.05) is 6.07 Å². The topological polar surface area (TPSA) is 26.0 Å². The first-order valence-electron chi connectivity index (χ1n) is 5.01. The van der Waals surface area contributed by atoms with Crippen molar-refractivity contribution in [3.63, 3.8) is 0 Å². The quantitative estimate of drug-likeness (QED) is 0.888. The van der Waals surface area contributed by atoms with Crippen LogP contribution in [0.3, 0.4) is 0 Å². The normalized spacial score (nSPS) is 12.7. The molecule has 2 N–H and O–H groups in total. The highest BCUT2D eigenvalue weighted by atomic mass is 35.5. The van der Waals surface area contributed by atoms with Gasteiger partial charge in [-0.3, -0.25) is 0 Å². The fraction of sp³-hybridized carbons (Fsp3) is 0.167. The Morgan fingerprint density at radius 2 is 2.00 bits per heavy atom. The Bertz CT molecular complexity index is 507. The molecule has 1 atom stereocenters. The molecule has 17 heavy (non-hydrogen) atoms. The summed E-state index contributed by atoms with van der Waals surface area (Å²) in [5.41, 5.74) is 6.45. The zero-order valence-corrected chi connectivity index (χ0v) is 11.1. The highest BCUT2D eigenvalue weighted by Crippen LogP contribution is 2.30. The highest BCUT2D eigenvalue weighted by Gasteiger charge is 2.14. The third-order valence-electron chi connectivity index (χ3n) is 2.45. The maximum Gasteiger partial charge on any atom is 0.127 e. The molecule has 0 saturated carbocycles. The van der Waals surface area contributed by atoms with Crippen molar-refractivity contribution < 1.29 is 4.39 Å². The van der Waals surface area contributed by atoms with E-state index >= 15 is 0 Å². The highest BCUT2D eigenvalue weighted by molar-refractivity contribution is 7.16. The van der Waals surface area contributed by atoms with E-state index in [9.17, 15) is 4.39 Å². The first-order valence-corrected chi connectivity index (χ1v) is 6.59. The van der Waals surface area contributed by atoms with Crippen molar-refractivity contribution in [2.75, 3.05) is 0 Å². The molecule has 1 nitrogen and oxygen atoms in total. The van der Waals surface area contributed by atoms with Crippen molar-refractivity contribution in [2.24, 2.45) is 5.73 Å². The molecule has 1 aromatic carbocycles. The van der Waals surface area contributed by atoms with Gasteiger partial charge in [0.15, 0.2) is 0 Å². The number of halogens is 3. The molecular weight excluding hydrogens is 280 g/mol. The Labute approximate surface area is 113 Å². The lowest BCUT2D eigenvalue weighted by molar-refractivity contribution is 0.595. The van der Waals surface area contributed by atoms with Crippen molar-refractivity contribution in [3.05, 3.63) is 55.9 Å². The molecule has 1 unspecified atom stereocenters. The number of rotatable bonds is 3. The molecule has 0 saturated heterocycles. The van der Waals surface area contributed by atoms with Crippen molar-refractivity contribution in [2.45, 2.75) is 12.5 Å². The lowest BCUT2D eigenvalue weighted by Gasteiger charge is -2.11. The molecular formula is C12H10Cl2FNS. The fourth-order valence-corrected chi connectivity index (χ4v) is 2.88. The van der Waals surface area contributed by atoms with Crippen molar-refractivity contribution in [1.82, 2.24) is 0 Å². The molecule has 90 valence electrons. The van der Waals surface area contributed by atoms with Crippen LogP contribution in [0.5, 0.6) is 0 Å². The van der Waals surface area contributed by atoms with Crippen molar-refractivity contribution in [1.29, 1.82) is 0 Å². The molecule has 0 spiro atoms. The average molecular weight is 290 g/mol. The van der Waals surface area contributed by atoms with Crippen LogP contribution in [0.15, 0.2) is 30.3 Å². The minimum absolute atomic E-state index is 0.290. The van der Waals surface area contributed by atoms with Gasteiger partial charge in [-0.05, 0) is 30.7 Å². The van der Waals surface area contributed by atoms with E-state index in [0.29, 0.717) is 21.3 Å². The summed E-state index contributed by atoms with van der Waals surface area (Å²) in [6.07, 6.45) is 0.363. The Morgan fingerprint density at radius 3 is 2.59 bits per heavy atom. The van der Waals surface area contributed by atoms with Crippen molar-refractivity contribution in [3.8, 4) is 0 Å². The molecule has 1 heterocycles. The van der Waals surface area contributed by atoms with Gasteiger partial charge < -0.3 is 5.73 Å². The van der Waals surface area contributed by atoms with Crippen LogP contribution < -0.4 is 5.73 Å². The maximum atomic E-state index is 13.6. The van der Waals surface area contributed by atoms with Gasteiger partial charge in [0.25, 0.3) is 0 Å². The van der Waals surface area contributed by atoms with Crippen LogP contribution in [0.1, 0.15) is 16.5 Å². The third kappa shape index (κ3) is 2.99. The molecule has 2 rings (SSSR count). The largest absolute Gasteiger partial charge is 0.323 e. The Hall–Kier alpha value is -0.610. The Kier molecular flexibility index (Phi) is 4.05. The molecule has 5 heteroatoms. The fourth-order valence-electron chi connectivity index (χ4n) is 1.58. The molecule has 0 fully saturated rings. The summed E-state index contributed by atoms with van der Waals surface area (Å²) >= 11 is 13.2. The zero-order valence-electron chi connectivity index (χ0n) is 8.79. The van der Waals surface area contributed by atoms with Crippen molar-refractivity contribution >= 4 is 34.5 Å². The predicted molar refractivity (Wildman–Crippen MR) is 71.4 cm³/mol. The van der Waals surface area contributed by atoms with E-state index in [0.717, 1.165) is 4.88 Å². The standard InChI is InChI=1S/C12H10Cl2FNS/c13-8-2-1-3-9(15)7(8)6-10(16)11-4-5-12(14)17-11/h1-5,10H,6,16H2. The van der Waals surface area contributed by atoms with Gasteiger partial charge in [-0.15, -0.1) is 11.3 Å². The number of hydrogen-bond donors (Lipinski definition) is 1. The third-order valence-corrected chi connectivity index (χ3v) is 4.16. The van der Waals surface area contributed by atoms with Gasteiger partial charge in [0.1, 0.15) is 5.82 Å². The second kappa shape index (κ2) is 5.36. The van der Waals surface area contributed by atoms with Crippen LogP contribution >= 0.6 is 34.5 Å². The zero-order chi connectivity index (χ0) is 12.4. The summed E-state index contributed by atoms with van der Waals surface area (Å²) in [5, 5.41) is 0.406. The van der Waals surface area contributed by atoms with Gasteiger partial charge in [0.05, 0.1) is 4.34 Å². The van der Waals surface area contributed by atoms with Crippen LogP contribution in [-0.2, 0) is 6.42 Å². The molecule has 0 radical (unpaired) electrons. The van der Waals surface area contributed by atoms with Crippen LogP contribution in [0, 0.1) is 5.82 Å². The molecule has 0 aliphatic rings. The Morgan fingerprint density at radius 1 is 1.24 bits per heavy atom. The number of benzene rings is 1. The molecule has 0 amide bonds. The molecule has 2 aromatic rings. The predicted octanol–water partition coefficient (Wildman–Crippen LogP) is 4.44. The molecule has 0 aliphatic heterocycles. The number of thiophene rings is 1. The first kappa shape index (κ1) is 12.8. The van der Waals surface area contributed by atoms with Crippen LogP contribution in [-0.4, -0.2) is 0 Å². The van der Waals surface area contributed by atoms with Gasteiger partial charge in [0, 0.05) is 21.5 Å². The van der Waals surface area contributed by atoms with E-state index < -0.39 is 0 Å². The lowest BCUT2D eigenvalue weighted by atomic mass is 10.0. The summed E-state index contributed by atoms with van der Waals surface area (Å²) in [6, 6.07) is 7.97. The number of nitrogens with two attached hydrogens (primary N) is 1. The lowest BCUT2D eigenvalue weighted by Crippen LogP contribution is -2.13. The van der Waals surface area contributed by atoms with Gasteiger partial charge >= 0.3 is 0 Å². The summed E-state index contributed by atoms with van der Waals surface area (Å²) in [7, 11) is 0. The first-order chi connectivity index (χ1) is 8.08. The van der Waals surface area contributed by atoms with Gasteiger partial charge in [-0.25, -0.2) is 4.39 Å². The van der Waals surface area contributed by atoms with E-state index in [2.05, 4.69) is 0 Å². The average Bonchev–Trinajstić information content (AvgIpc) is 2.70. The molecule has 0 bridgehead atoms. The molecule has 0 aliphatic carbocycles. The summed E-state index contributed by atoms with van der Waals surface area (Å²) in [5.74, 6) is -0.324. The second-order valence-electron chi connectivity index (χ2n) is 3.65. The summed E-state index contributed by atoms with van der Waals surface area (Å²) in [6.45, 7) is 0. The van der Waals surface area contributed by atoms with Crippen LogP contribution in [0.25, 0.3) is 0 Å². The summed E-state index contributed by atoms with van der Waals surface area (Å²) in [4.78, 5) is 0.925. The van der Waals surface area contributed by atoms with E-state index in [-0.39, 0.29) is 11.9 Å². The van der Waals surface area contributed by atoms with Gasteiger partial charge in [-0.1, -0.05) is 29.3 Å². The van der Waals surface area contributed by atoms with Gasteiger partial charge in [0.2, 0.25) is 0 Å². The van der Waals surface area contributed by atoms with Crippen LogP contribution in [0.4, 0.5) is 4.39 Å². The maximum absolute atomic E-state index is 13.6. The monoisotopic (exact) mass is 289 g/mol. The SMILES string of the molecule is NC(Cc1c(F)cccc1Cl)c1ccc(Cl)s1. The number of hydrogen-bond acceptors (Lipinski definition) is 2. The Balaban J connectivity index is 2.21. The van der Waals surface area contributed by atoms with E-state index in [4.69, 9.17) is 28.9 Å². The smallest absolute Gasteiger partial charge is 0.127 e. The van der Waals surface area contributed by atoms with E-state index in [1.54, 1.807) is 18.2 Å². The summed E-state index contributed by atoms with van der Waals surface area (Å²) < 4.78 is 14.2. The van der Waals surface area contributed by atoms with Gasteiger partial charge in [-0.2, -0.15) is 0 Å². The molecule has 1 aromatic heterocycles. The minimum Gasteiger partial charge on any atom is -0.323 e. The second-order valence-corrected chi connectivity index (χ2v) is 5.81. The minimum atomic E-state index is -0.324. The van der Waals surface area contributed by atoms with E-state index in [1.165, 1.54) is 17.4 Å². The van der Waals surface area contributed by atoms with Crippen LogP contribution in [0.2, 0.25) is 9.36 Å².